The molecule has 0 radical (unpaired) electrons. The summed E-state index contributed by atoms with van der Waals surface area (Å²) in [5.74, 6) is -0.232. The highest BCUT2D eigenvalue weighted by molar-refractivity contribution is 7.16. The summed E-state index contributed by atoms with van der Waals surface area (Å²) in [4.78, 5) is 18.0. The molecule has 0 bridgehead atoms. The Labute approximate surface area is 136 Å². The predicted molar refractivity (Wildman–Crippen MR) is 94.2 cm³/mol. The number of aromatic nitrogens is 1. The van der Waals surface area contributed by atoms with E-state index >= 15 is 0 Å². The van der Waals surface area contributed by atoms with Crippen molar-refractivity contribution in [3.8, 4) is 0 Å². The fourth-order valence-corrected chi connectivity index (χ4v) is 4.04. The van der Waals surface area contributed by atoms with Gasteiger partial charge in [-0.3, -0.25) is 4.79 Å². The van der Waals surface area contributed by atoms with Crippen LogP contribution in [0.3, 0.4) is 0 Å². The highest BCUT2D eigenvalue weighted by Gasteiger charge is 2.07. The Kier molecular flexibility index (Phi) is 4.09. The van der Waals surface area contributed by atoms with Crippen LogP contribution in [0.4, 0.5) is 0 Å². The van der Waals surface area contributed by atoms with Gasteiger partial charge in [0.05, 0.1) is 10.2 Å². The van der Waals surface area contributed by atoms with Gasteiger partial charge in [-0.1, -0.05) is 23.5 Å². The van der Waals surface area contributed by atoms with E-state index in [-0.39, 0.29) is 5.91 Å². The highest BCUT2D eigenvalue weighted by Crippen LogP contribution is 2.22. The van der Waals surface area contributed by atoms with Crippen LogP contribution in [0.5, 0.6) is 0 Å². The molecular formula is C17H16N2OS2. The zero-order valence-electron chi connectivity index (χ0n) is 12.7. The van der Waals surface area contributed by atoms with E-state index in [9.17, 15) is 4.79 Å². The van der Waals surface area contributed by atoms with Gasteiger partial charge >= 0.3 is 0 Å². The second-order valence-corrected chi connectivity index (χ2v) is 7.13. The van der Waals surface area contributed by atoms with E-state index < -0.39 is 0 Å². The summed E-state index contributed by atoms with van der Waals surface area (Å²) < 4.78 is 3.17. The summed E-state index contributed by atoms with van der Waals surface area (Å²) >= 11 is 3.15. The van der Waals surface area contributed by atoms with Gasteiger partial charge in [0.25, 0.3) is 5.91 Å². The van der Waals surface area contributed by atoms with Crippen LogP contribution in [0.15, 0.2) is 40.7 Å². The molecule has 1 amide bonds. The first-order chi connectivity index (χ1) is 10.5. The molecule has 112 valence electrons. The summed E-state index contributed by atoms with van der Waals surface area (Å²) in [6.45, 7) is 4.17. The highest BCUT2D eigenvalue weighted by atomic mass is 32.1. The lowest BCUT2D eigenvalue weighted by Crippen LogP contribution is -2.12. The van der Waals surface area contributed by atoms with E-state index in [0.29, 0.717) is 0 Å². The number of rotatable bonds is 2. The van der Waals surface area contributed by atoms with Crippen molar-refractivity contribution in [2.45, 2.75) is 13.8 Å². The molecule has 1 aromatic carbocycles. The van der Waals surface area contributed by atoms with Crippen LogP contribution in [0.2, 0.25) is 0 Å². The third-order valence-corrected chi connectivity index (χ3v) is 5.50. The fraction of sp³-hybridized carbons (Fsp3) is 0.176. The van der Waals surface area contributed by atoms with E-state index in [1.54, 1.807) is 28.7 Å². The summed E-state index contributed by atoms with van der Waals surface area (Å²) in [5, 5.41) is 1.98. The first-order valence-electron chi connectivity index (χ1n) is 6.91. The molecule has 3 nitrogen and oxygen atoms in total. The number of benzene rings is 1. The number of carbonyl (C=O) groups excluding carboxylic acids is 1. The van der Waals surface area contributed by atoms with Gasteiger partial charge in [-0.15, -0.1) is 11.3 Å². The SMILES string of the molecule is Cc1cc(C)c2sc(=NC(=O)/C=C/c3cccs3)n(C)c2c1. The largest absolute Gasteiger partial charge is 0.319 e. The lowest BCUT2D eigenvalue weighted by Gasteiger charge is -2.00. The van der Waals surface area contributed by atoms with Crippen LogP contribution >= 0.6 is 22.7 Å². The second-order valence-electron chi connectivity index (χ2n) is 5.17. The minimum Gasteiger partial charge on any atom is -0.319 e. The molecule has 0 unspecified atom stereocenters. The van der Waals surface area contributed by atoms with Gasteiger partial charge in [0.1, 0.15) is 0 Å². The van der Waals surface area contributed by atoms with Gasteiger partial charge in [0.2, 0.25) is 0 Å². The maximum absolute atomic E-state index is 12.0. The van der Waals surface area contributed by atoms with Gasteiger partial charge in [-0.25, -0.2) is 0 Å². The number of amides is 1. The van der Waals surface area contributed by atoms with Gasteiger partial charge in [-0.05, 0) is 48.6 Å². The Morgan fingerprint density at radius 2 is 2.14 bits per heavy atom. The standard InChI is InChI=1S/C17H16N2OS2/c1-11-9-12(2)16-14(10-11)19(3)17(22-16)18-15(20)7-6-13-5-4-8-21-13/h4-10H,1-3H3/b7-6+,18-17?. The second kappa shape index (κ2) is 6.02. The molecule has 3 rings (SSSR count). The Morgan fingerprint density at radius 1 is 1.32 bits per heavy atom. The van der Waals surface area contributed by atoms with Crippen LogP contribution in [-0.2, 0) is 11.8 Å². The molecule has 22 heavy (non-hydrogen) atoms. The third-order valence-electron chi connectivity index (χ3n) is 3.38. The molecule has 0 saturated carbocycles. The van der Waals surface area contributed by atoms with Crippen molar-refractivity contribution in [3.63, 3.8) is 0 Å². The van der Waals surface area contributed by atoms with E-state index in [4.69, 9.17) is 0 Å². The van der Waals surface area contributed by atoms with Crippen molar-refractivity contribution in [2.75, 3.05) is 0 Å². The third kappa shape index (κ3) is 2.96. The Balaban J connectivity index is 2.01. The van der Waals surface area contributed by atoms with Gasteiger partial charge in [0.15, 0.2) is 4.80 Å². The maximum atomic E-state index is 12.0. The van der Waals surface area contributed by atoms with Crippen molar-refractivity contribution in [2.24, 2.45) is 12.0 Å². The quantitative estimate of drug-likeness (QED) is 0.653. The molecule has 0 aliphatic heterocycles. The zero-order chi connectivity index (χ0) is 15.7. The first kappa shape index (κ1) is 14.9. The summed E-state index contributed by atoms with van der Waals surface area (Å²) in [5.41, 5.74) is 3.56. The average molecular weight is 328 g/mol. The minimum absolute atomic E-state index is 0.232. The van der Waals surface area contributed by atoms with Crippen molar-refractivity contribution in [1.29, 1.82) is 0 Å². The van der Waals surface area contributed by atoms with Gasteiger partial charge in [-0.2, -0.15) is 4.99 Å². The predicted octanol–water partition coefficient (Wildman–Crippen LogP) is 4.06. The molecule has 2 aromatic heterocycles. The van der Waals surface area contributed by atoms with Crippen LogP contribution in [0.1, 0.15) is 16.0 Å². The number of fused-ring (bicyclic) bond motifs is 1. The van der Waals surface area contributed by atoms with Crippen LogP contribution < -0.4 is 4.80 Å². The number of nitrogens with zero attached hydrogens (tertiary/aromatic N) is 2. The molecule has 0 aliphatic rings. The van der Waals surface area contributed by atoms with Crippen molar-refractivity contribution in [1.82, 2.24) is 4.57 Å². The molecule has 0 aliphatic carbocycles. The Hall–Kier alpha value is -1.98. The molecule has 3 aromatic rings. The monoisotopic (exact) mass is 328 g/mol. The molecular weight excluding hydrogens is 312 g/mol. The summed E-state index contributed by atoms with van der Waals surface area (Å²) in [7, 11) is 1.95. The smallest absolute Gasteiger partial charge is 0.272 e. The number of aryl methyl sites for hydroxylation is 3. The van der Waals surface area contributed by atoms with E-state index in [0.717, 1.165) is 15.2 Å². The van der Waals surface area contributed by atoms with E-state index in [2.05, 4.69) is 31.0 Å². The van der Waals surface area contributed by atoms with Crippen LogP contribution in [-0.4, -0.2) is 10.5 Å². The lowest BCUT2D eigenvalue weighted by atomic mass is 10.1. The number of thiophene rings is 1. The molecule has 0 saturated heterocycles. The van der Waals surface area contributed by atoms with Gasteiger partial charge in [0, 0.05) is 18.0 Å². The molecule has 2 heterocycles. The van der Waals surface area contributed by atoms with Crippen molar-refractivity contribution >= 4 is 44.9 Å². The zero-order valence-corrected chi connectivity index (χ0v) is 14.3. The fourth-order valence-electron chi connectivity index (χ4n) is 2.35. The van der Waals surface area contributed by atoms with Crippen LogP contribution in [0, 0.1) is 13.8 Å². The van der Waals surface area contributed by atoms with Crippen molar-refractivity contribution in [3.05, 3.63) is 56.5 Å². The summed E-state index contributed by atoms with van der Waals surface area (Å²) in [6, 6.07) is 8.22. The molecule has 0 fully saturated rings. The van der Waals surface area contributed by atoms with E-state index in [1.165, 1.54) is 21.9 Å². The molecule has 5 heteroatoms. The normalized spacial score (nSPS) is 12.6. The first-order valence-corrected chi connectivity index (χ1v) is 8.61. The Morgan fingerprint density at radius 3 is 2.86 bits per heavy atom. The molecule has 0 spiro atoms. The number of hydrogen-bond acceptors (Lipinski definition) is 3. The lowest BCUT2D eigenvalue weighted by molar-refractivity contribution is -0.113. The van der Waals surface area contributed by atoms with E-state index in [1.807, 2.05) is 29.1 Å². The van der Waals surface area contributed by atoms with Gasteiger partial charge < -0.3 is 4.57 Å². The summed E-state index contributed by atoms with van der Waals surface area (Å²) in [6.07, 6.45) is 3.33. The molecule has 0 N–H and O–H groups in total. The van der Waals surface area contributed by atoms with Crippen molar-refractivity contribution < 1.29 is 4.79 Å². The number of hydrogen-bond donors (Lipinski definition) is 0. The minimum atomic E-state index is -0.232. The topological polar surface area (TPSA) is 34.4 Å². The number of thiazole rings is 1. The number of carbonyl (C=O) groups is 1. The molecule has 0 atom stereocenters. The maximum Gasteiger partial charge on any atom is 0.272 e. The van der Waals surface area contributed by atoms with Crippen LogP contribution in [0.25, 0.3) is 16.3 Å². The average Bonchev–Trinajstić information content (AvgIpc) is 3.08. The Bertz CT molecular complexity index is 928.